The van der Waals surface area contributed by atoms with Crippen LogP contribution in [0.15, 0.2) is 42.5 Å². The maximum absolute atomic E-state index is 8.90. The number of nitrogens with one attached hydrogen (secondary N) is 1. The van der Waals surface area contributed by atoms with Crippen LogP contribution in [0.3, 0.4) is 0 Å². The molecule has 19 heavy (non-hydrogen) atoms. The summed E-state index contributed by atoms with van der Waals surface area (Å²) < 4.78 is 0. The molecule has 0 aliphatic heterocycles. The Morgan fingerprint density at radius 3 is 2.53 bits per heavy atom. The van der Waals surface area contributed by atoms with Crippen LogP contribution in [0, 0.1) is 18.3 Å². The molecule has 2 aromatic rings. The van der Waals surface area contributed by atoms with Gasteiger partial charge >= 0.3 is 0 Å². The zero-order valence-electron chi connectivity index (χ0n) is 11.0. The highest BCUT2D eigenvalue weighted by Gasteiger charge is 2.01. The lowest BCUT2D eigenvalue weighted by Crippen LogP contribution is -2.06. The summed E-state index contributed by atoms with van der Waals surface area (Å²) in [5.74, 6) is 0. The molecule has 0 bridgehead atoms. The standard InChI is InChI=1S/C16H17N3/c1-12-8-16(7-6-13(12)9-17)19-11-15-5-3-2-4-14(15)10-18/h2-8,19H,10-11,18H2,1H3. The van der Waals surface area contributed by atoms with Crippen LogP contribution in [0.4, 0.5) is 5.69 Å². The second-order valence-electron chi connectivity index (χ2n) is 4.47. The first-order valence-electron chi connectivity index (χ1n) is 6.26. The van der Waals surface area contributed by atoms with Gasteiger partial charge in [-0.25, -0.2) is 0 Å². The SMILES string of the molecule is Cc1cc(NCc2ccccc2CN)ccc1C#N. The summed E-state index contributed by atoms with van der Waals surface area (Å²) >= 11 is 0. The van der Waals surface area contributed by atoms with E-state index in [1.165, 1.54) is 5.56 Å². The summed E-state index contributed by atoms with van der Waals surface area (Å²) in [6, 6.07) is 16.1. The Morgan fingerprint density at radius 1 is 1.16 bits per heavy atom. The molecule has 2 rings (SSSR count). The normalized spacial score (nSPS) is 9.95. The zero-order chi connectivity index (χ0) is 13.7. The monoisotopic (exact) mass is 251 g/mol. The van der Waals surface area contributed by atoms with Crippen molar-refractivity contribution in [3.05, 3.63) is 64.7 Å². The van der Waals surface area contributed by atoms with Crippen molar-refractivity contribution in [2.24, 2.45) is 5.73 Å². The van der Waals surface area contributed by atoms with Crippen LogP contribution in [0.5, 0.6) is 0 Å². The van der Waals surface area contributed by atoms with E-state index in [4.69, 9.17) is 11.0 Å². The first-order chi connectivity index (χ1) is 9.24. The third kappa shape index (κ3) is 3.12. The molecule has 0 aliphatic carbocycles. The van der Waals surface area contributed by atoms with Gasteiger partial charge in [-0.05, 0) is 41.8 Å². The molecule has 0 spiro atoms. The number of nitrogens with two attached hydrogens (primary N) is 1. The molecule has 2 aromatic carbocycles. The fourth-order valence-electron chi connectivity index (χ4n) is 2.03. The van der Waals surface area contributed by atoms with E-state index in [0.717, 1.165) is 23.4 Å². The van der Waals surface area contributed by atoms with Crippen molar-refractivity contribution in [3.8, 4) is 6.07 Å². The van der Waals surface area contributed by atoms with E-state index in [1.54, 1.807) is 0 Å². The van der Waals surface area contributed by atoms with Gasteiger partial charge in [0.15, 0.2) is 0 Å². The molecule has 3 nitrogen and oxygen atoms in total. The van der Waals surface area contributed by atoms with Gasteiger partial charge in [-0.1, -0.05) is 24.3 Å². The summed E-state index contributed by atoms with van der Waals surface area (Å²) in [6.45, 7) is 3.22. The fourth-order valence-corrected chi connectivity index (χ4v) is 2.03. The Morgan fingerprint density at radius 2 is 1.89 bits per heavy atom. The molecule has 0 saturated heterocycles. The fraction of sp³-hybridized carbons (Fsp3) is 0.188. The van der Waals surface area contributed by atoms with E-state index < -0.39 is 0 Å². The highest BCUT2D eigenvalue weighted by atomic mass is 14.9. The Labute approximate surface area is 113 Å². The van der Waals surface area contributed by atoms with Crippen molar-refractivity contribution in [2.45, 2.75) is 20.0 Å². The van der Waals surface area contributed by atoms with Crippen molar-refractivity contribution in [3.63, 3.8) is 0 Å². The molecule has 0 heterocycles. The molecule has 0 fully saturated rings. The number of anilines is 1. The van der Waals surface area contributed by atoms with E-state index in [9.17, 15) is 0 Å². The lowest BCUT2D eigenvalue weighted by molar-refractivity contribution is 1.01. The number of benzene rings is 2. The molecule has 0 aromatic heterocycles. The highest BCUT2D eigenvalue weighted by molar-refractivity contribution is 5.52. The van der Waals surface area contributed by atoms with Gasteiger partial charge in [0.05, 0.1) is 11.6 Å². The number of aryl methyl sites for hydroxylation is 1. The lowest BCUT2D eigenvalue weighted by atomic mass is 10.1. The Hall–Kier alpha value is -2.31. The molecule has 3 N–H and O–H groups in total. The second-order valence-corrected chi connectivity index (χ2v) is 4.47. The summed E-state index contributed by atoms with van der Waals surface area (Å²) in [6.07, 6.45) is 0. The molecule has 0 aliphatic rings. The average Bonchev–Trinajstić information content (AvgIpc) is 2.45. The molecule has 0 atom stereocenters. The maximum atomic E-state index is 8.90. The van der Waals surface area contributed by atoms with Crippen LogP contribution in [-0.4, -0.2) is 0 Å². The van der Waals surface area contributed by atoms with Gasteiger partial charge in [0.1, 0.15) is 0 Å². The molecule has 0 unspecified atom stereocenters. The summed E-state index contributed by atoms with van der Waals surface area (Å²) in [5.41, 5.74) is 10.8. The first-order valence-corrected chi connectivity index (χ1v) is 6.26. The molecule has 0 radical (unpaired) electrons. The maximum Gasteiger partial charge on any atom is 0.0994 e. The quantitative estimate of drug-likeness (QED) is 0.878. The molecule has 96 valence electrons. The van der Waals surface area contributed by atoms with Crippen molar-refractivity contribution in [2.75, 3.05) is 5.32 Å². The minimum absolute atomic E-state index is 0.546. The van der Waals surface area contributed by atoms with Gasteiger partial charge in [0, 0.05) is 18.8 Å². The number of rotatable bonds is 4. The van der Waals surface area contributed by atoms with Crippen LogP contribution in [0.1, 0.15) is 22.3 Å². The summed E-state index contributed by atoms with van der Waals surface area (Å²) in [5, 5.41) is 12.3. The number of hydrogen-bond donors (Lipinski definition) is 2. The number of nitrogens with zero attached hydrogens (tertiary/aromatic N) is 1. The third-order valence-corrected chi connectivity index (χ3v) is 3.17. The van der Waals surface area contributed by atoms with Gasteiger partial charge in [-0.15, -0.1) is 0 Å². The molecule has 0 amide bonds. The van der Waals surface area contributed by atoms with E-state index in [0.29, 0.717) is 12.1 Å². The summed E-state index contributed by atoms with van der Waals surface area (Å²) in [4.78, 5) is 0. The van der Waals surface area contributed by atoms with Crippen molar-refractivity contribution < 1.29 is 0 Å². The van der Waals surface area contributed by atoms with Crippen LogP contribution in [0.2, 0.25) is 0 Å². The Bertz CT molecular complexity index is 612. The topological polar surface area (TPSA) is 61.8 Å². The van der Waals surface area contributed by atoms with Crippen LogP contribution >= 0.6 is 0 Å². The zero-order valence-corrected chi connectivity index (χ0v) is 11.0. The van der Waals surface area contributed by atoms with E-state index >= 15 is 0 Å². The first kappa shape index (κ1) is 13.1. The van der Waals surface area contributed by atoms with Gasteiger partial charge < -0.3 is 11.1 Å². The van der Waals surface area contributed by atoms with Crippen LogP contribution in [-0.2, 0) is 13.1 Å². The van der Waals surface area contributed by atoms with Crippen LogP contribution in [0.25, 0.3) is 0 Å². The Kier molecular flexibility index (Phi) is 4.17. The third-order valence-electron chi connectivity index (χ3n) is 3.17. The highest BCUT2D eigenvalue weighted by Crippen LogP contribution is 2.16. The lowest BCUT2D eigenvalue weighted by Gasteiger charge is -2.11. The van der Waals surface area contributed by atoms with Crippen LogP contribution < -0.4 is 11.1 Å². The average molecular weight is 251 g/mol. The van der Waals surface area contributed by atoms with E-state index in [-0.39, 0.29) is 0 Å². The predicted molar refractivity (Wildman–Crippen MR) is 77.6 cm³/mol. The Balaban J connectivity index is 2.11. The van der Waals surface area contributed by atoms with Crippen molar-refractivity contribution in [1.29, 1.82) is 5.26 Å². The van der Waals surface area contributed by atoms with Gasteiger partial charge in [-0.3, -0.25) is 0 Å². The van der Waals surface area contributed by atoms with Crippen molar-refractivity contribution in [1.82, 2.24) is 0 Å². The molecular weight excluding hydrogens is 234 g/mol. The second kappa shape index (κ2) is 6.03. The molecular formula is C16H17N3. The van der Waals surface area contributed by atoms with E-state index in [1.807, 2.05) is 43.3 Å². The minimum atomic E-state index is 0.546. The largest absolute Gasteiger partial charge is 0.381 e. The van der Waals surface area contributed by atoms with Gasteiger partial charge in [0.25, 0.3) is 0 Å². The molecule has 0 saturated carbocycles. The minimum Gasteiger partial charge on any atom is -0.381 e. The van der Waals surface area contributed by atoms with Crippen molar-refractivity contribution >= 4 is 5.69 Å². The predicted octanol–water partition coefficient (Wildman–Crippen LogP) is 2.94. The summed E-state index contributed by atoms with van der Waals surface area (Å²) in [7, 11) is 0. The number of hydrogen-bond acceptors (Lipinski definition) is 3. The number of nitriles is 1. The smallest absolute Gasteiger partial charge is 0.0994 e. The van der Waals surface area contributed by atoms with Gasteiger partial charge in [-0.2, -0.15) is 5.26 Å². The van der Waals surface area contributed by atoms with Gasteiger partial charge in [0.2, 0.25) is 0 Å². The molecule has 3 heteroatoms. The van der Waals surface area contributed by atoms with E-state index in [2.05, 4.69) is 17.5 Å².